The molecule has 0 spiro atoms. The molecule has 1 saturated heterocycles. The molecular formula is C9H12O5. The van der Waals surface area contributed by atoms with Crippen LogP contribution in [0.1, 0.15) is 19.8 Å². The van der Waals surface area contributed by atoms with Crippen LogP contribution in [0.15, 0.2) is 0 Å². The largest absolute Gasteiger partial charge is 0.481 e. The first-order chi connectivity index (χ1) is 6.44. The van der Waals surface area contributed by atoms with Gasteiger partial charge in [0.15, 0.2) is 0 Å². The number of hydrogen-bond donors (Lipinski definition) is 2. The molecule has 1 aliphatic carbocycles. The fourth-order valence-electron chi connectivity index (χ4n) is 2.30. The molecule has 5 heteroatoms. The molecule has 0 aromatic heterocycles. The Morgan fingerprint density at radius 2 is 2.29 bits per heavy atom. The third-order valence-corrected chi connectivity index (χ3v) is 3.25. The molecule has 4 atom stereocenters. The third kappa shape index (κ3) is 1.12. The SMILES string of the molecule is C[C@@]12C[C@@H](C(=O)O1)[C@@H](C(=O)O)C[C@@H]2O. The van der Waals surface area contributed by atoms with Gasteiger partial charge in [-0.1, -0.05) is 0 Å². The average molecular weight is 200 g/mol. The van der Waals surface area contributed by atoms with Crippen molar-refractivity contribution in [3.63, 3.8) is 0 Å². The molecule has 1 saturated carbocycles. The molecule has 5 nitrogen and oxygen atoms in total. The van der Waals surface area contributed by atoms with E-state index in [2.05, 4.69) is 0 Å². The van der Waals surface area contributed by atoms with Crippen LogP contribution in [-0.4, -0.2) is 33.9 Å². The minimum absolute atomic E-state index is 0.0994. The van der Waals surface area contributed by atoms with Gasteiger partial charge in [-0.15, -0.1) is 0 Å². The van der Waals surface area contributed by atoms with E-state index >= 15 is 0 Å². The maximum absolute atomic E-state index is 11.3. The number of carbonyl (C=O) groups is 2. The number of hydrogen-bond acceptors (Lipinski definition) is 4. The predicted octanol–water partition coefficient (Wildman–Crippen LogP) is -0.226. The molecule has 0 amide bonds. The smallest absolute Gasteiger partial charge is 0.310 e. The second-order valence-corrected chi connectivity index (χ2v) is 4.24. The van der Waals surface area contributed by atoms with Crippen LogP contribution in [0.2, 0.25) is 0 Å². The van der Waals surface area contributed by atoms with Crippen molar-refractivity contribution >= 4 is 11.9 Å². The molecule has 1 heterocycles. The van der Waals surface area contributed by atoms with Crippen LogP contribution in [0, 0.1) is 11.8 Å². The second-order valence-electron chi connectivity index (χ2n) is 4.24. The van der Waals surface area contributed by atoms with E-state index < -0.39 is 35.5 Å². The number of carbonyl (C=O) groups excluding carboxylic acids is 1. The number of carboxylic acid groups (broad SMARTS) is 1. The van der Waals surface area contributed by atoms with Gasteiger partial charge in [0, 0.05) is 6.42 Å². The lowest BCUT2D eigenvalue weighted by Gasteiger charge is -2.33. The van der Waals surface area contributed by atoms with Gasteiger partial charge in [0.05, 0.1) is 17.9 Å². The van der Waals surface area contributed by atoms with E-state index in [0.717, 1.165) is 0 Å². The molecular weight excluding hydrogens is 188 g/mol. The molecule has 0 unspecified atom stereocenters. The molecule has 2 fully saturated rings. The summed E-state index contributed by atoms with van der Waals surface area (Å²) in [7, 11) is 0. The number of carboxylic acids is 1. The van der Waals surface area contributed by atoms with Crippen molar-refractivity contribution in [1.29, 1.82) is 0 Å². The Bertz CT molecular complexity index is 300. The predicted molar refractivity (Wildman–Crippen MR) is 44.4 cm³/mol. The second kappa shape index (κ2) is 2.70. The monoisotopic (exact) mass is 200 g/mol. The van der Waals surface area contributed by atoms with E-state index in [1.54, 1.807) is 6.92 Å². The summed E-state index contributed by atoms with van der Waals surface area (Å²) < 4.78 is 5.01. The van der Waals surface area contributed by atoms with Crippen molar-refractivity contribution < 1.29 is 24.5 Å². The lowest BCUT2D eigenvalue weighted by molar-refractivity contribution is -0.155. The highest BCUT2D eigenvalue weighted by atomic mass is 16.6. The zero-order chi connectivity index (χ0) is 10.5. The Hall–Kier alpha value is -1.10. The molecule has 2 aliphatic rings. The Morgan fingerprint density at radius 1 is 1.64 bits per heavy atom. The molecule has 14 heavy (non-hydrogen) atoms. The minimum atomic E-state index is -1.03. The highest BCUT2D eigenvalue weighted by Gasteiger charge is 2.57. The molecule has 0 aromatic carbocycles. The molecule has 1 aliphatic heterocycles. The Kier molecular flexibility index (Phi) is 1.82. The highest BCUT2D eigenvalue weighted by Crippen LogP contribution is 2.45. The van der Waals surface area contributed by atoms with Crippen LogP contribution < -0.4 is 0 Å². The molecule has 2 rings (SSSR count). The number of rotatable bonds is 1. The zero-order valence-corrected chi connectivity index (χ0v) is 7.77. The van der Waals surface area contributed by atoms with E-state index in [9.17, 15) is 14.7 Å². The maximum Gasteiger partial charge on any atom is 0.310 e. The average Bonchev–Trinajstić information content (AvgIpc) is 2.33. The van der Waals surface area contributed by atoms with E-state index in [0.29, 0.717) is 6.42 Å². The van der Waals surface area contributed by atoms with E-state index in [4.69, 9.17) is 9.84 Å². The molecule has 2 N–H and O–H groups in total. The third-order valence-electron chi connectivity index (χ3n) is 3.25. The lowest BCUT2D eigenvalue weighted by atomic mass is 9.73. The standard InChI is InChI=1S/C9H12O5/c1-9-3-5(8(13)14-9)4(7(11)12)2-6(9)10/h4-6,10H,2-3H2,1H3,(H,11,12)/t4-,5+,6-,9-/m0/s1. The Labute approximate surface area is 80.7 Å². The van der Waals surface area contributed by atoms with Crippen molar-refractivity contribution in [2.45, 2.75) is 31.5 Å². The van der Waals surface area contributed by atoms with Crippen molar-refractivity contribution in [1.82, 2.24) is 0 Å². The summed E-state index contributed by atoms with van der Waals surface area (Å²) in [5, 5.41) is 18.5. The summed E-state index contributed by atoms with van der Waals surface area (Å²) in [6, 6.07) is 0. The Morgan fingerprint density at radius 3 is 2.86 bits per heavy atom. The summed E-state index contributed by atoms with van der Waals surface area (Å²) in [5.41, 5.74) is -0.867. The van der Waals surface area contributed by atoms with Gasteiger partial charge in [-0.05, 0) is 13.3 Å². The quantitative estimate of drug-likeness (QED) is 0.571. The van der Waals surface area contributed by atoms with Crippen LogP contribution in [0.5, 0.6) is 0 Å². The molecule has 0 aromatic rings. The normalized spacial score (nSPS) is 46.1. The summed E-state index contributed by atoms with van der Waals surface area (Å²) in [6.07, 6.45) is -0.460. The Balaban J connectivity index is 2.30. The van der Waals surface area contributed by atoms with Gasteiger partial charge in [0.2, 0.25) is 0 Å². The van der Waals surface area contributed by atoms with E-state index in [1.807, 2.05) is 0 Å². The lowest BCUT2D eigenvalue weighted by Crippen LogP contribution is -2.45. The number of ether oxygens (including phenoxy) is 1. The van der Waals surface area contributed by atoms with Gasteiger partial charge in [-0.2, -0.15) is 0 Å². The van der Waals surface area contributed by atoms with Gasteiger partial charge in [-0.3, -0.25) is 9.59 Å². The topological polar surface area (TPSA) is 83.8 Å². The molecule has 78 valence electrons. The summed E-state index contributed by atoms with van der Waals surface area (Å²) in [4.78, 5) is 22.1. The summed E-state index contributed by atoms with van der Waals surface area (Å²) >= 11 is 0. The van der Waals surface area contributed by atoms with Crippen LogP contribution in [0.25, 0.3) is 0 Å². The molecule has 2 bridgehead atoms. The number of fused-ring (bicyclic) bond motifs is 2. The number of aliphatic hydroxyl groups is 1. The van der Waals surface area contributed by atoms with Gasteiger partial charge in [-0.25, -0.2) is 0 Å². The first kappa shape index (κ1) is 9.45. The van der Waals surface area contributed by atoms with Crippen molar-refractivity contribution in [2.75, 3.05) is 0 Å². The van der Waals surface area contributed by atoms with Gasteiger partial charge in [0.25, 0.3) is 0 Å². The first-order valence-corrected chi connectivity index (χ1v) is 4.58. The number of aliphatic carboxylic acids is 1. The van der Waals surface area contributed by atoms with E-state index in [-0.39, 0.29) is 6.42 Å². The van der Waals surface area contributed by atoms with Gasteiger partial charge in [0.1, 0.15) is 5.60 Å². The summed E-state index contributed by atoms with van der Waals surface area (Å²) in [6.45, 7) is 1.65. The number of aliphatic hydroxyl groups excluding tert-OH is 1. The number of esters is 1. The zero-order valence-electron chi connectivity index (χ0n) is 7.77. The van der Waals surface area contributed by atoms with Crippen LogP contribution in [0.4, 0.5) is 0 Å². The van der Waals surface area contributed by atoms with Crippen molar-refractivity contribution in [2.24, 2.45) is 11.8 Å². The van der Waals surface area contributed by atoms with Crippen molar-refractivity contribution in [3.8, 4) is 0 Å². The van der Waals surface area contributed by atoms with Gasteiger partial charge < -0.3 is 14.9 Å². The molecule has 0 radical (unpaired) electrons. The van der Waals surface area contributed by atoms with Crippen LogP contribution >= 0.6 is 0 Å². The summed E-state index contributed by atoms with van der Waals surface area (Å²) in [5.74, 6) is -2.90. The van der Waals surface area contributed by atoms with Crippen molar-refractivity contribution in [3.05, 3.63) is 0 Å². The van der Waals surface area contributed by atoms with Gasteiger partial charge >= 0.3 is 11.9 Å². The van der Waals surface area contributed by atoms with Crippen LogP contribution in [-0.2, 0) is 14.3 Å². The fourth-order valence-corrected chi connectivity index (χ4v) is 2.30. The van der Waals surface area contributed by atoms with E-state index in [1.165, 1.54) is 0 Å². The first-order valence-electron chi connectivity index (χ1n) is 4.58. The highest BCUT2D eigenvalue weighted by molar-refractivity contribution is 5.83. The minimum Gasteiger partial charge on any atom is -0.481 e. The maximum atomic E-state index is 11.3. The fraction of sp³-hybridized carbons (Fsp3) is 0.778. The van der Waals surface area contributed by atoms with Crippen LogP contribution in [0.3, 0.4) is 0 Å².